The summed E-state index contributed by atoms with van der Waals surface area (Å²) in [5.41, 5.74) is 1.97. The molecule has 1 aromatic rings. The molecule has 0 nitrogen and oxygen atoms in total. The Bertz CT molecular complexity index is 360. The van der Waals surface area contributed by atoms with E-state index in [1.165, 1.54) is 0 Å². The fourth-order valence-corrected chi connectivity index (χ4v) is 1.67. The van der Waals surface area contributed by atoms with Crippen LogP contribution in [0.1, 0.15) is 64.2 Å². The fraction of sp³-hybridized carbons (Fsp3) is 0.600. The first-order valence-electron chi connectivity index (χ1n) is 6.05. The Hall–Kier alpha value is -0.920. The van der Waals surface area contributed by atoms with Crippen molar-refractivity contribution < 1.29 is 8.78 Å². The third kappa shape index (κ3) is 3.52. The molecule has 0 aliphatic rings. The molecule has 2 heteroatoms. The van der Waals surface area contributed by atoms with Gasteiger partial charge in [-0.15, -0.1) is 0 Å². The van der Waals surface area contributed by atoms with Crippen molar-refractivity contribution in [3.05, 3.63) is 34.9 Å². The number of halogens is 2. The molecule has 0 saturated carbocycles. The predicted molar refractivity (Wildman–Crippen MR) is 68.8 cm³/mol. The Labute approximate surface area is 103 Å². The SMILES string of the molecule is CC(C)c1cc(C(C)(C)C)cc(C(C)(F)F)c1. The molecule has 0 saturated heterocycles. The molecule has 0 radical (unpaired) electrons. The van der Waals surface area contributed by atoms with Gasteiger partial charge in [-0.2, -0.15) is 0 Å². The van der Waals surface area contributed by atoms with E-state index in [1.807, 2.05) is 40.7 Å². The predicted octanol–water partition coefficient (Wildman–Crippen LogP) is 5.22. The Morgan fingerprint density at radius 3 is 1.71 bits per heavy atom. The summed E-state index contributed by atoms with van der Waals surface area (Å²) in [6.07, 6.45) is 0. The highest BCUT2D eigenvalue weighted by molar-refractivity contribution is 5.37. The summed E-state index contributed by atoms with van der Waals surface area (Å²) >= 11 is 0. The molecule has 0 N–H and O–H groups in total. The highest BCUT2D eigenvalue weighted by atomic mass is 19.3. The van der Waals surface area contributed by atoms with E-state index in [4.69, 9.17) is 0 Å². The van der Waals surface area contributed by atoms with Crippen molar-refractivity contribution in [1.29, 1.82) is 0 Å². The second kappa shape index (κ2) is 4.40. The lowest BCUT2D eigenvalue weighted by atomic mass is 9.83. The van der Waals surface area contributed by atoms with E-state index in [-0.39, 0.29) is 16.9 Å². The monoisotopic (exact) mass is 240 g/mol. The van der Waals surface area contributed by atoms with Gasteiger partial charge in [0.05, 0.1) is 0 Å². The largest absolute Gasteiger partial charge is 0.270 e. The second-order valence-electron chi connectivity index (χ2n) is 6.14. The van der Waals surface area contributed by atoms with Crippen LogP contribution in [-0.2, 0) is 11.3 Å². The molecule has 0 amide bonds. The first-order chi connectivity index (χ1) is 7.51. The van der Waals surface area contributed by atoms with Gasteiger partial charge in [-0.3, -0.25) is 0 Å². The minimum Gasteiger partial charge on any atom is -0.202 e. The van der Waals surface area contributed by atoms with Crippen LogP contribution >= 0.6 is 0 Å². The molecular formula is C15H22F2. The van der Waals surface area contributed by atoms with Crippen LogP contribution in [0.25, 0.3) is 0 Å². The maximum Gasteiger partial charge on any atom is 0.270 e. The minimum atomic E-state index is -2.77. The van der Waals surface area contributed by atoms with Gasteiger partial charge in [0.25, 0.3) is 5.92 Å². The van der Waals surface area contributed by atoms with Gasteiger partial charge in [-0.05, 0) is 34.6 Å². The van der Waals surface area contributed by atoms with Gasteiger partial charge in [0, 0.05) is 12.5 Å². The molecular weight excluding hydrogens is 218 g/mol. The van der Waals surface area contributed by atoms with E-state index in [1.54, 1.807) is 12.1 Å². The lowest BCUT2D eigenvalue weighted by Crippen LogP contribution is -2.15. The summed E-state index contributed by atoms with van der Waals surface area (Å²) in [5, 5.41) is 0. The smallest absolute Gasteiger partial charge is 0.202 e. The zero-order valence-corrected chi connectivity index (χ0v) is 11.6. The van der Waals surface area contributed by atoms with E-state index in [9.17, 15) is 8.78 Å². The van der Waals surface area contributed by atoms with Gasteiger partial charge in [0.15, 0.2) is 0 Å². The van der Waals surface area contributed by atoms with Crippen molar-refractivity contribution in [3.63, 3.8) is 0 Å². The molecule has 0 aliphatic carbocycles. The molecule has 0 heterocycles. The van der Waals surface area contributed by atoms with Crippen LogP contribution in [0.15, 0.2) is 18.2 Å². The van der Waals surface area contributed by atoms with Crippen LogP contribution in [0, 0.1) is 0 Å². The van der Waals surface area contributed by atoms with E-state index in [0.717, 1.165) is 18.1 Å². The average molecular weight is 240 g/mol. The Kier molecular flexibility index (Phi) is 3.66. The summed E-state index contributed by atoms with van der Waals surface area (Å²) in [6, 6.07) is 5.30. The lowest BCUT2D eigenvalue weighted by Gasteiger charge is -2.24. The lowest BCUT2D eigenvalue weighted by molar-refractivity contribution is 0.0172. The quantitative estimate of drug-likeness (QED) is 0.665. The molecule has 96 valence electrons. The maximum absolute atomic E-state index is 13.5. The summed E-state index contributed by atoms with van der Waals surface area (Å²) in [5.74, 6) is -2.51. The van der Waals surface area contributed by atoms with E-state index in [0.29, 0.717) is 0 Å². The van der Waals surface area contributed by atoms with Crippen molar-refractivity contribution in [3.8, 4) is 0 Å². The summed E-state index contributed by atoms with van der Waals surface area (Å²) in [7, 11) is 0. The third-order valence-corrected chi connectivity index (χ3v) is 2.99. The third-order valence-electron chi connectivity index (χ3n) is 2.99. The van der Waals surface area contributed by atoms with Gasteiger partial charge in [-0.25, -0.2) is 8.78 Å². The number of benzene rings is 1. The standard InChI is InChI=1S/C15H22F2/c1-10(2)11-7-12(14(3,4)5)9-13(8-11)15(6,16)17/h7-10H,1-6H3. The van der Waals surface area contributed by atoms with Crippen molar-refractivity contribution in [2.75, 3.05) is 0 Å². The zero-order valence-electron chi connectivity index (χ0n) is 11.6. The molecule has 0 atom stereocenters. The van der Waals surface area contributed by atoms with Gasteiger partial charge in [-0.1, -0.05) is 40.7 Å². The molecule has 0 bridgehead atoms. The molecule has 0 fully saturated rings. The minimum absolute atomic E-state index is 0.106. The molecule has 17 heavy (non-hydrogen) atoms. The van der Waals surface area contributed by atoms with Gasteiger partial charge >= 0.3 is 0 Å². The van der Waals surface area contributed by atoms with E-state index >= 15 is 0 Å². The molecule has 0 unspecified atom stereocenters. The number of hydrogen-bond acceptors (Lipinski definition) is 0. The molecule has 1 aromatic carbocycles. The summed E-state index contributed by atoms with van der Waals surface area (Å²) in [6.45, 7) is 11.1. The van der Waals surface area contributed by atoms with Crippen LogP contribution in [0.3, 0.4) is 0 Å². The molecule has 1 rings (SSSR count). The van der Waals surface area contributed by atoms with Gasteiger partial charge in [0.2, 0.25) is 0 Å². The zero-order chi connectivity index (χ0) is 13.4. The van der Waals surface area contributed by atoms with E-state index in [2.05, 4.69) is 0 Å². The number of rotatable bonds is 2. The van der Waals surface area contributed by atoms with Crippen LogP contribution in [0.5, 0.6) is 0 Å². The molecule has 0 aliphatic heterocycles. The average Bonchev–Trinajstić information content (AvgIpc) is 2.14. The maximum atomic E-state index is 13.5. The molecule has 0 aromatic heterocycles. The Morgan fingerprint density at radius 1 is 0.882 bits per heavy atom. The summed E-state index contributed by atoms with van der Waals surface area (Å²) in [4.78, 5) is 0. The summed E-state index contributed by atoms with van der Waals surface area (Å²) < 4.78 is 26.9. The van der Waals surface area contributed by atoms with Crippen LogP contribution in [0.4, 0.5) is 8.78 Å². The number of alkyl halides is 2. The van der Waals surface area contributed by atoms with Crippen LogP contribution in [0.2, 0.25) is 0 Å². The Morgan fingerprint density at radius 2 is 1.35 bits per heavy atom. The van der Waals surface area contributed by atoms with Crippen molar-refractivity contribution in [2.45, 2.75) is 58.8 Å². The molecule has 0 spiro atoms. The van der Waals surface area contributed by atoms with Gasteiger partial charge in [0.1, 0.15) is 0 Å². The van der Waals surface area contributed by atoms with Crippen LogP contribution < -0.4 is 0 Å². The fourth-order valence-electron chi connectivity index (χ4n) is 1.67. The first-order valence-corrected chi connectivity index (χ1v) is 6.05. The normalized spacial score (nSPS) is 13.2. The highest BCUT2D eigenvalue weighted by Crippen LogP contribution is 2.34. The highest BCUT2D eigenvalue weighted by Gasteiger charge is 2.27. The number of hydrogen-bond donors (Lipinski definition) is 0. The van der Waals surface area contributed by atoms with Gasteiger partial charge < -0.3 is 0 Å². The van der Waals surface area contributed by atoms with Crippen molar-refractivity contribution in [2.24, 2.45) is 0 Å². The first kappa shape index (κ1) is 14.1. The van der Waals surface area contributed by atoms with E-state index < -0.39 is 5.92 Å². The Balaban J connectivity index is 3.40. The van der Waals surface area contributed by atoms with Crippen LogP contribution in [-0.4, -0.2) is 0 Å². The second-order valence-corrected chi connectivity index (χ2v) is 6.14. The van der Waals surface area contributed by atoms with Crippen molar-refractivity contribution in [1.82, 2.24) is 0 Å². The van der Waals surface area contributed by atoms with Crippen molar-refractivity contribution >= 4 is 0 Å². The topological polar surface area (TPSA) is 0 Å².